The van der Waals surface area contributed by atoms with Crippen molar-refractivity contribution in [1.82, 2.24) is 15.3 Å². The molecule has 2 aromatic heterocycles. The largest absolute Gasteiger partial charge is 0.448 e. The zero-order valence-electron chi connectivity index (χ0n) is 12.3. The molecule has 0 radical (unpaired) electrons. The van der Waals surface area contributed by atoms with Crippen molar-refractivity contribution in [3.8, 4) is 0 Å². The van der Waals surface area contributed by atoms with Crippen molar-refractivity contribution in [2.24, 2.45) is 5.92 Å². The predicted molar refractivity (Wildman–Crippen MR) is 77.8 cm³/mol. The zero-order chi connectivity index (χ0) is 14.8. The minimum atomic E-state index is -0.178. The Kier molecular flexibility index (Phi) is 3.73. The number of carbonyl (C=O) groups excluding carboxylic acids is 1. The van der Waals surface area contributed by atoms with Gasteiger partial charge in [-0.1, -0.05) is 13.0 Å². The number of hydrogen-bond donors (Lipinski definition) is 1. The van der Waals surface area contributed by atoms with Crippen LogP contribution in [0, 0.1) is 12.8 Å². The molecule has 0 saturated heterocycles. The van der Waals surface area contributed by atoms with Crippen LogP contribution in [-0.2, 0) is 6.42 Å². The summed E-state index contributed by atoms with van der Waals surface area (Å²) in [6.45, 7) is 3.97. The second-order valence-corrected chi connectivity index (χ2v) is 5.47. The van der Waals surface area contributed by atoms with Gasteiger partial charge in [-0.25, -0.2) is 4.98 Å². The highest BCUT2D eigenvalue weighted by atomic mass is 16.3. The summed E-state index contributed by atoms with van der Waals surface area (Å²) in [6, 6.07) is 3.90. The molecule has 1 aliphatic carbocycles. The average molecular weight is 285 g/mol. The van der Waals surface area contributed by atoms with Gasteiger partial charge in [-0.05, 0) is 37.3 Å². The molecule has 0 bridgehead atoms. The Morgan fingerprint density at radius 3 is 2.95 bits per heavy atom. The van der Waals surface area contributed by atoms with Crippen LogP contribution < -0.4 is 5.32 Å². The van der Waals surface area contributed by atoms with Crippen molar-refractivity contribution in [3.05, 3.63) is 47.4 Å². The molecule has 21 heavy (non-hydrogen) atoms. The van der Waals surface area contributed by atoms with Crippen LogP contribution in [-0.4, -0.2) is 15.9 Å². The lowest BCUT2D eigenvalue weighted by Gasteiger charge is -2.19. The van der Waals surface area contributed by atoms with Crippen molar-refractivity contribution in [2.45, 2.75) is 39.2 Å². The second kappa shape index (κ2) is 5.68. The SMILES string of the molecule is CCc1ocnc1C(=O)N[C@H](c1ncccc1C)C1CC1. The Morgan fingerprint density at radius 1 is 1.48 bits per heavy atom. The van der Waals surface area contributed by atoms with Gasteiger partial charge in [0.15, 0.2) is 12.1 Å². The molecule has 1 N–H and O–H groups in total. The maximum Gasteiger partial charge on any atom is 0.274 e. The number of hydrogen-bond acceptors (Lipinski definition) is 4. The van der Waals surface area contributed by atoms with Gasteiger partial charge in [0, 0.05) is 12.6 Å². The number of carbonyl (C=O) groups is 1. The minimum absolute atomic E-state index is 0.0416. The highest BCUT2D eigenvalue weighted by Gasteiger charge is 2.35. The minimum Gasteiger partial charge on any atom is -0.448 e. The number of pyridine rings is 1. The van der Waals surface area contributed by atoms with E-state index in [0.717, 1.165) is 24.1 Å². The summed E-state index contributed by atoms with van der Waals surface area (Å²) >= 11 is 0. The fourth-order valence-electron chi connectivity index (χ4n) is 2.58. The molecular weight excluding hydrogens is 266 g/mol. The normalized spacial score (nSPS) is 15.7. The Balaban J connectivity index is 1.83. The lowest BCUT2D eigenvalue weighted by molar-refractivity contribution is 0.0924. The molecule has 0 aromatic carbocycles. The van der Waals surface area contributed by atoms with Crippen LogP contribution in [0.3, 0.4) is 0 Å². The number of aromatic nitrogens is 2. The molecule has 0 aliphatic heterocycles. The van der Waals surface area contributed by atoms with Crippen LogP contribution >= 0.6 is 0 Å². The maximum atomic E-state index is 12.5. The van der Waals surface area contributed by atoms with E-state index in [9.17, 15) is 4.79 Å². The van der Waals surface area contributed by atoms with E-state index in [1.54, 1.807) is 6.20 Å². The molecule has 2 heterocycles. The molecule has 1 aliphatic rings. The highest BCUT2D eigenvalue weighted by Crippen LogP contribution is 2.41. The molecule has 110 valence electrons. The summed E-state index contributed by atoms with van der Waals surface area (Å²) in [7, 11) is 0. The average Bonchev–Trinajstić information content (AvgIpc) is 3.21. The highest BCUT2D eigenvalue weighted by molar-refractivity contribution is 5.93. The van der Waals surface area contributed by atoms with Crippen molar-refractivity contribution < 1.29 is 9.21 Å². The van der Waals surface area contributed by atoms with Gasteiger partial charge < -0.3 is 9.73 Å². The van der Waals surface area contributed by atoms with Crippen LogP contribution in [0.1, 0.15) is 53.3 Å². The van der Waals surface area contributed by atoms with Gasteiger partial charge in [0.05, 0.1) is 11.7 Å². The van der Waals surface area contributed by atoms with E-state index in [0.29, 0.717) is 23.8 Å². The number of nitrogens with zero attached hydrogens (tertiary/aromatic N) is 2. The lowest BCUT2D eigenvalue weighted by Crippen LogP contribution is -2.31. The van der Waals surface area contributed by atoms with Crippen molar-refractivity contribution in [1.29, 1.82) is 0 Å². The van der Waals surface area contributed by atoms with Crippen molar-refractivity contribution in [3.63, 3.8) is 0 Å². The summed E-state index contributed by atoms with van der Waals surface area (Å²) in [5.41, 5.74) is 2.44. The van der Waals surface area contributed by atoms with Crippen LogP contribution in [0.4, 0.5) is 0 Å². The Morgan fingerprint density at radius 2 is 2.29 bits per heavy atom. The fourth-order valence-corrected chi connectivity index (χ4v) is 2.58. The summed E-state index contributed by atoms with van der Waals surface area (Å²) < 4.78 is 5.23. The summed E-state index contributed by atoms with van der Waals surface area (Å²) in [5, 5.41) is 3.09. The third-order valence-electron chi connectivity index (χ3n) is 3.90. The molecule has 1 fully saturated rings. The smallest absolute Gasteiger partial charge is 0.274 e. The number of nitrogens with one attached hydrogen (secondary N) is 1. The van der Waals surface area contributed by atoms with Gasteiger partial charge in [0.25, 0.3) is 5.91 Å². The Bertz CT molecular complexity index is 646. The zero-order valence-corrected chi connectivity index (χ0v) is 12.3. The monoisotopic (exact) mass is 285 g/mol. The third-order valence-corrected chi connectivity index (χ3v) is 3.90. The van der Waals surface area contributed by atoms with E-state index in [1.807, 2.05) is 26.0 Å². The number of rotatable bonds is 5. The first-order valence-corrected chi connectivity index (χ1v) is 7.35. The first-order valence-electron chi connectivity index (χ1n) is 7.35. The lowest BCUT2D eigenvalue weighted by atomic mass is 10.0. The number of amides is 1. The Labute approximate surface area is 123 Å². The van der Waals surface area contributed by atoms with Gasteiger partial charge >= 0.3 is 0 Å². The van der Waals surface area contributed by atoms with Crippen LogP contribution in [0.25, 0.3) is 0 Å². The van der Waals surface area contributed by atoms with Crippen molar-refractivity contribution >= 4 is 5.91 Å². The van der Waals surface area contributed by atoms with Crippen LogP contribution in [0.15, 0.2) is 29.1 Å². The maximum absolute atomic E-state index is 12.5. The second-order valence-electron chi connectivity index (χ2n) is 5.47. The van der Waals surface area contributed by atoms with Crippen molar-refractivity contribution in [2.75, 3.05) is 0 Å². The molecule has 0 spiro atoms. The van der Waals surface area contributed by atoms with E-state index in [-0.39, 0.29) is 11.9 Å². The third kappa shape index (κ3) is 2.82. The van der Waals surface area contributed by atoms with E-state index < -0.39 is 0 Å². The van der Waals surface area contributed by atoms with Crippen LogP contribution in [0.5, 0.6) is 0 Å². The molecule has 1 saturated carbocycles. The topological polar surface area (TPSA) is 68.0 Å². The summed E-state index contributed by atoms with van der Waals surface area (Å²) in [4.78, 5) is 20.9. The first-order chi connectivity index (χ1) is 10.2. The number of aryl methyl sites for hydroxylation is 2. The first kappa shape index (κ1) is 13.8. The standard InChI is InChI=1S/C16H19N3O2/c1-3-12-15(18-9-21-12)16(20)19-14(11-6-7-11)13-10(2)5-4-8-17-13/h4-5,8-9,11,14H,3,6-7H2,1-2H3,(H,19,20)/t14-/m0/s1. The van der Waals surface area contributed by atoms with Gasteiger partial charge in [-0.3, -0.25) is 9.78 Å². The molecular formula is C16H19N3O2. The number of oxazole rings is 1. The van der Waals surface area contributed by atoms with E-state index in [1.165, 1.54) is 6.39 Å². The molecule has 2 aromatic rings. The molecule has 5 heteroatoms. The molecule has 1 atom stereocenters. The molecule has 3 rings (SSSR count). The van der Waals surface area contributed by atoms with E-state index in [4.69, 9.17) is 4.42 Å². The fraction of sp³-hybridized carbons (Fsp3) is 0.438. The molecule has 5 nitrogen and oxygen atoms in total. The van der Waals surface area contributed by atoms with Gasteiger partial charge in [-0.2, -0.15) is 0 Å². The molecule has 1 amide bonds. The molecule has 0 unspecified atom stereocenters. The van der Waals surface area contributed by atoms with E-state index in [2.05, 4.69) is 15.3 Å². The van der Waals surface area contributed by atoms with E-state index >= 15 is 0 Å². The summed E-state index contributed by atoms with van der Waals surface area (Å²) in [5.74, 6) is 0.918. The van der Waals surface area contributed by atoms with Gasteiger partial charge in [-0.15, -0.1) is 0 Å². The summed E-state index contributed by atoms with van der Waals surface area (Å²) in [6.07, 6.45) is 6.00. The van der Waals surface area contributed by atoms with Crippen LogP contribution in [0.2, 0.25) is 0 Å². The van der Waals surface area contributed by atoms with Gasteiger partial charge in [0.1, 0.15) is 5.76 Å². The van der Waals surface area contributed by atoms with Gasteiger partial charge in [0.2, 0.25) is 0 Å². The quantitative estimate of drug-likeness (QED) is 0.917. The Hall–Kier alpha value is -2.17. The predicted octanol–water partition coefficient (Wildman–Crippen LogP) is 2.82.